The molecule has 0 radical (unpaired) electrons. The van der Waals surface area contributed by atoms with Crippen molar-refractivity contribution in [1.29, 1.82) is 0 Å². The Hall–Kier alpha value is -0.340. The maximum atomic E-state index is 5.40. The lowest BCUT2D eigenvalue weighted by molar-refractivity contribution is 0.259. The molecule has 0 aromatic rings. The molecule has 1 rings (SSSR count). The Balaban J connectivity index is 2.25. The number of rotatable bonds is 6. The van der Waals surface area contributed by atoms with Crippen LogP contribution in [0, 0.1) is 5.92 Å². The Morgan fingerprint density at radius 1 is 1.38 bits per heavy atom. The summed E-state index contributed by atoms with van der Waals surface area (Å²) < 4.78 is 0. The summed E-state index contributed by atoms with van der Waals surface area (Å²) in [5.41, 5.74) is 5.40. The van der Waals surface area contributed by atoms with E-state index < -0.39 is 0 Å². The van der Waals surface area contributed by atoms with Crippen LogP contribution in [-0.4, -0.2) is 30.6 Å². The third-order valence-electron chi connectivity index (χ3n) is 2.31. The molecule has 13 heavy (non-hydrogen) atoms. The van der Waals surface area contributed by atoms with Gasteiger partial charge in [-0.1, -0.05) is 26.0 Å². The van der Waals surface area contributed by atoms with Crippen LogP contribution in [0.15, 0.2) is 12.2 Å². The Kier molecular flexibility index (Phi) is 4.46. The third-order valence-corrected chi connectivity index (χ3v) is 2.31. The highest BCUT2D eigenvalue weighted by Gasteiger charge is 2.28. The van der Waals surface area contributed by atoms with Crippen molar-refractivity contribution in [3.05, 3.63) is 12.2 Å². The van der Waals surface area contributed by atoms with Crippen LogP contribution >= 0.6 is 0 Å². The van der Waals surface area contributed by atoms with Gasteiger partial charge in [0.15, 0.2) is 0 Å². The molecule has 0 unspecified atom stereocenters. The van der Waals surface area contributed by atoms with Crippen LogP contribution in [-0.2, 0) is 0 Å². The van der Waals surface area contributed by atoms with Crippen LogP contribution in [0.2, 0.25) is 0 Å². The molecule has 0 atom stereocenters. The molecule has 0 bridgehead atoms. The zero-order valence-corrected chi connectivity index (χ0v) is 8.87. The minimum Gasteiger partial charge on any atom is -0.327 e. The molecule has 1 aliphatic rings. The van der Waals surface area contributed by atoms with E-state index in [9.17, 15) is 0 Å². The lowest BCUT2D eigenvalue weighted by atomic mass is 10.2. The Morgan fingerprint density at radius 2 is 2.08 bits per heavy atom. The second kappa shape index (κ2) is 5.40. The Morgan fingerprint density at radius 3 is 2.54 bits per heavy atom. The average molecular weight is 182 g/mol. The predicted octanol–water partition coefficient (Wildman–Crippen LogP) is 1.62. The van der Waals surface area contributed by atoms with Crippen LogP contribution in [0.25, 0.3) is 0 Å². The second-order valence-electron chi connectivity index (χ2n) is 4.29. The molecule has 2 N–H and O–H groups in total. The molecular formula is C11H22N2. The molecule has 1 aliphatic carbocycles. The first-order chi connectivity index (χ1) is 6.24. The van der Waals surface area contributed by atoms with Crippen LogP contribution in [0.4, 0.5) is 0 Å². The van der Waals surface area contributed by atoms with Gasteiger partial charge in [0.25, 0.3) is 0 Å². The predicted molar refractivity (Wildman–Crippen MR) is 57.6 cm³/mol. The summed E-state index contributed by atoms with van der Waals surface area (Å²) >= 11 is 0. The quantitative estimate of drug-likeness (QED) is 0.632. The molecule has 0 aliphatic heterocycles. The molecule has 1 fully saturated rings. The fraction of sp³-hybridized carbons (Fsp3) is 0.818. The first-order valence-electron chi connectivity index (χ1n) is 5.33. The maximum Gasteiger partial charge on any atom is 0.0166 e. The van der Waals surface area contributed by atoms with Crippen molar-refractivity contribution in [2.24, 2.45) is 11.7 Å². The molecule has 0 spiro atoms. The van der Waals surface area contributed by atoms with Crippen LogP contribution < -0.4 is 5.73 Å². The topological polar surface area (TPSA) is 29.3 Å². The summed E-state index contributed by atoms with van der Waals surface area (Å²) in [6.07, 6.45) is 7.03. The normalized spacial score (nSPS) is 17.9. The summed E-state index contributed by atoms with van der Waals surface area (Å²) in [5.74, 6) is 0.770. The van der Waals surface area contributed by atoms with Gasteiger partial charge in [-0.3, -0.25) is 4.90 Å². The fourth-order valence-corrected chi connectivity index (χ4v) is 1.59. The standard InChI is InChI=1S/C11H22N2/c1-10(2)9-13(11-5-6-11)8-4-3-7-12/h3-4,10-11H,5-9,12H2,1-2H3. The average Bonchev–Trinajstić information content (AvgIpc) is 2.84. The number of hydrogen-bond donors (Lipinski definition) is 1. The van der Waals surface area contributed by atoms with Crippen LogP contribution in [0.3, 0.4) is 0 Å². The molecule has 0 saturated heterocycles. The van der Waals surface area contributed by atoms with Crippen molar-refractivity contribution in [3.63, 3.8) is 0 Å². The first kappa shape index (κ1) is 10.7. The lowest BCUT2D eigenvalue weighted by Gasteiger charge is -2.22. The van der Waals surface area contributed by atoms with Crippen molar-refractivity contribution in [1.82, 2.24) is 4.90 Å². The maximum absolute atomic E-state index is 5.40. The van der Waals surface area contributed by atoms with Crippen LogP contribution in [0.5, 0.6) is 0 Å². The van der Waals surface area contributed by atoms with Gasteiger partial charge in [-0.25, -0.2) is 0 Å². The van der Waals surface area contributed by atoms with E-state index in [0.29, 0.717) is 6.54 Å². The Labute approximate surface area is 81.8 Å². The van der Waals surface area contributed by atoms with E-state index in [0.717, 1.165) is 18.5 Å². The molecule has 76 valence electrons. The van der Waals surface area contributed by atoms with Crippen molar-refractivity contribution in [3.8, 4) is 0 Å². The highest BCUT2D eigenvalue weighted by molar-refractivity contribution is 4.92. The van der Waals surface area contributed by atoms with Gasteiger partial charge in [0, 0.05) is 25.7 Å². The monoisotopic (exact) mass is 182 g/mol. The summed E-state index contributed by atoms with van der Waals surface area (Å²) in [7, 11) is 0. The van der Waals surface area contributed by atoms with Gasteiger partial charge in [-0.2, -0.15) is 0 Å². The largest absolute Gasteiger partial charge is 0.327 e. The summed E-state index contributed by atoms with van der Waals surface area (Å²) in [4.78, 5) is 2.57. The summed E-state index contributed by atoms with van der Waals surface area (Å²) in [5, 5.41) is 0. The molecule has 2 nitrogen and oxygen atoms in total. The number of nitrogens with zero attached hydrogens (tertiary/aromatic N) is 1. The van der Waals surface area contributed by atoms with Gasteiger partial charge in [-0.15, -0.1) is 0 Å². The highest BCUT2D eigenvalue weighted by atomic mass is 15.2. The van der Waals surface area contributed by atoms with Gasteiger partial charge in [0.1, 0.15) is 0 Å². The van der Waals surface area contributed by atoms with Gasteiger partial charge < -0.3 is 5.73 Å². The lowest BCUT2D eigenvalue weighted by Crippen LogP contribution is -2.30. The molecule has 2 heteroatoms. The number of nitrogens with two attached hydrogens (primary N) is 1. The van der Waals surface area contributed by atoms with Gasteiger partial charge in [0.05, 0.1) is 0 Å². The van der Waals surface area contributed by atoms with E-state index >= 15 is 0 Å². The van der Waals surface area contributed by atoms with Crippen LogP contribution in [0.1, 0.15) is 26.7 Å². The van der Waals surface area contributed by atoms with E-state index in [4.69, 9.17) is 5.73 Å². The summed E-state index contributed by atoms with van der Waals surface area (Å²) in [6, 6.07) is 0.866. The van der Waals surface area contributed by atoms with Crippen molar-refractivity contribution < 1.29 is 0 Å². The zero-order valence-electron chi connectivity index (χ0n) is 8.87. The second-order valence-corrected chi connectivity index (χ2v) is 4.29. The molecule has 0 aromatic heterocycles. The molecule has 0 heterocycles. The SMILES string of the molecule is CC(C)CN(CC=CCN)C1CC1. The van der Waals surface area contributed by atoms with E-state index in [1.165, 1.54) is 19.4 Å². The van der Waals surface area contributed by atoms with E-state index in [1.807, 2.05) is 0 Å². The minimum absolute atomic E-state index is 0.667. The molecule has 0 amide bonds. The zero-order chi connectivity index (χ0) is 9.68. The van der Waals surface area contributed by atoms with Gasteiger partial charge >= 0.3 is 0 Å². The first-order valence-corrected chi connectivity index (χ1v) is 5.33. The Bertz CT molecular complexity index is 159. The number of hydrogen-bond acceptors (Lipinski definition) is 2. The van der Waals surface area contributed by atoms with E-state index in [1.54, 1.807) is 0 Å². The fourth-order valence-electron chi connectivity index (χ4n) is 1.59. The van der Waals surface area contributed by atoms with Gasteiger partial charge in [0.2, 0.25) is 0 Å². The van der Waals surface area contributed by atoms with Crippen molar-refractivity contribution in [2.75, 3.05) is 19.6 Å². The van der Waals surface area contributed by atoms with Crippen molar-refractivity contribution in [2.45, 2.75) is 32.7 Å². The minimum atomic E-state index is 0.667. The van der Waals surface area contributed by atoms with E-state index in [2.05, 4.69) is 30.9 Å². The molecule has 0 aromatic carbocycles. The van der Waals surface area contributed by atoms with Gasteiger partial charge in [-0.05, 0) is 18.8 Å². The van der Waals surface area contributed by atoms with Crippen molar-refractivity contribution >= 4 is 0 Å². The highest BCUT2D eigenvalue weighted by Crippen LogP contribution is 2.27. The molecular weight excluding hydrogens is 160 g/mol. The smallest absolute Gasteiger partial charge is 0.0166 e. The third kappa shape index (κ3) is 4.44. The molecule has 1 saturated carbocycles. The summed E-state index contributed by atoms with van der Waals surface area (Å²) in [6.45, 7) is 7.53. The van der Waals surface area contributed by atoms with E-state index in [-0.39, 0.29) is 0 Å².